The predicted molar refractivity (Wildman–Crippen MR) is 133 cm³/mol. The van der Waals surface area contributed by atoms with Crippen molar-refractivity contribution in [3.63, 3.8) is 0 Å². The van der Waals surface area contributed by atoms with Crippen molar-refractivity contribution in [3.8, 4) is 0 Å². The van der Waals surface area contributed by atoms with Gasteiger partial charge in [0.15, 0.2) is 0 Å². The number of rotatable bonds is 1. The quantitative estimate of drug-likeness (QED) is 0.434. The van der Waals surface area contributed by atoms with Gasteiger partial charge in [0.1, 0.15) is 5.78 Å². The molecule has 0 aromatic carbocycles. The lowest BCUT2D eigenvalue weighted by Gasteiger charge is -2.71. The first-order chi connectivity index (χ1) is 15.6. The van der Waals surface area contributed by atoms with Crippen molar-refractivity contribution in [1.29, 1.82) is 0 Å². The van der Waals surface area contributed by atoms with Crippen LogP contribution in [0.5, 0.6) is 0 Å². The lowest BCUT2D eigenvalue weighted by molar-refractivity contribution is -0.193. The van der Waals surface area contributed by atoms with Crippen LogP contribution >= 0.6 is 0 Å². The van der Waals surface area contributed by atoms with Gasteiger partial charge in [-0.2, -0.15) is 0 Å². The second-order valence-corrected chi connectivity index (χ2v) is 14.8. The monoisotopic (exact) mass is 470 g/mol. The van der Waals surface area contributed by atoms with Crippen LogP contribution in [-0.2, 0) is 9.59 Å². The molecule has 0 aromatic heterocycles. The number of carboxylic acids is 1. The molecule has 0 amide bonds. The van der Waals surface area contributed by atoms with Crippen LogP contribution in [0.1, 0.15) is 106 Å². The van der Waals surface area contributed by atoms with E-state index in [1.807, 2.05) is 6.92 Å². The fourth-order valence-electron chi connectivity index (χ4n) is 10.5. The summed E-state index contributed by atoms with van der Waals surface area (Å²) in [4.78, 5) is 25.2. The molecule has 4 nitrogen and oxygen atoms in total. The van der Waals surface area contributed by atoms with E-state index >= 15 is 0 Å². The molecule has 5 aliphatic rings. The second-order valence-electron chi connectivity index (χ2n) is 14.8. The topological polar surface area (TPSA) is 74.6 Å². The highest BCUT2D eigenvalue weighted by Crippen LogP contribution is 2.75. The van der Waals surface area contributed by atoms with Crippen molar-refractivity contribution in [2.75, 3.05) is 0 Å². The molecule has 9 atom stereocenters. The number of fused-ring (bicyclic) bond motifs is 7. The van der Waals surface area contributed by atoms with Gasteiger partial charge in [-0.3, -0.25) is 9.59 Å². The van der Waals surface area contributed by atoms with E-state index in [4.69, 9.17) is 0 Å². The largest absolute Gasteiger partial charge is 0.481 e. The van der Waals surface area contributed by atoms with Gasteiger partial charge in [-0.05, 0) is 92.3 Å². The van der Waals surface area contributed by atoms with E-state index in [-0.39, 0.29) is 33.0 Å². The molecule has 4 heteroatoms. The van der Waals surface area contributed by atoms with E-state index in [1.54, 1.807) is 0 Å². The van der Waals surface area contributed by atoms with E-state index in [2.05, 4.69) is 47.6 Å². The lowest BCUT2D eigenvalue weighted by atomic mass is 9.33. The normalized spacial score (nSPS) is 54.1. The molecule has 0 aliphatic heterocycles. The molecule has 0 heterocycles. The average molecular weight is 471 g/mol. The summed E-state index contributed by atoms with van der Waals surface area (Å²) in [5, 5.41) is 21.3. The Kier molecular flexibility index (Phi) is 5.04. The van der Waals surface area contributed by atoms with Crippen LogP contribution < -0.4 is 0 Å². The molecular weight excluding hydrogens is 424 g/mol. The summed E-state index contributed by atoms with van der Waals surface area (Å²) < 4.78 is 0. The minimum atomic E-state index is -0.877. The third kappa shape index (κ3) is 2.75. The van der Waals surface area contributed by atoms with Crippen LogP contribution in [-0.4, -0.2) is 28.1 Å². The Morgan fingerprint density at radius 3 is 2.24 bits per heavy atom. The first-order valence-corrected chi connectivity index (χ1v) is 13.7. The van der Waals surface area contributed by atoms with Crippen LogP contribution in [0.25, 0.3) is 0 Å². The van der Waals surface area contributed by atoms with Gasteiger partial charge in [0.05, 0.1) is 11.5 Å². The minimum absolute atomic E-state index is 0.0101. The van der Waals surface area contributed by atoms with Crippen molar-refractivity contribution in [3.05, 3.63) is 11.6 Å². The SMILES string of the molecule is CC1(C)C(=O)CC[C@]2(C)[C@H]3CC=C4[C@@H]5C[C@](C)(C(=O)O)CC(O)[C@]5(C)CC[C@@]4(C)[C@]3(C)CC[C@@H]12. The standard InChI is InChI=1S/C30H46O4/c1-25(2)20-10-13-30(7)21(28(20,5)12-11-22(25)31)9-8-18-19-16-26(3,24(33)34)17-23(32)27(19,4)14-15-29(18,30)6/h8,19-21,23,32H,9-17H2,1-7H3,(H,33,34)/t19-,20-,21+,23?,26-,27+,28-,29+,30+/m0/s1. The van der Waals surface area contributed by atoms with Gasteiger partial charge in [-0.25, -0.2) is 0 Å². The number of carboxylic acid groups (broad SMARTS) is 1. The first-order valence-electron chi connectivity index (χ1n) is 13.7. The van der Waals surface area contributed by atoms with E-state index in [1.165, 1.54) is 5.57 Å². The summed E-state index contributed by atoms with van der Waals surface area (Å²) in [7, 11) is 0. The molecule has 0 spiro atoms. The second kappa shape index (κ2) is 6.99. The zero-order valence-corrected chi connectivity index (χ0v) is 22.5. The number of aliphatic hydroxyl groups is 1. The van der Waals surface area contributed by atoms with Crippen LogP contribution in [0.15, 0.2) is 11.6 Å². The predicted octanol–water partition coefficient (Wildman–Crippen LogP) is 6.41. The fraction of sp³-hybridized carbons (Fsp3) is 0.867. The molecule has 1 unspecified atom stereocenters. The van der Waals surface area contributed by atoms with E-state index < -0.39 is 17.5 Å². The number of carbonyl (C=O) groups is 2. The Morgan fingerprint density at radius 1 is 0.912 bits per heavy atom. The molecule has 5 rings (SSSR count). The van der Waals surface area contributed by atoms with Crippen molar-refractivity contribution < 1.29 is 19.8 Å². The highest BCUT2D eigenvalue weighted by Gasteiger charge is 2.69. The summed E-state index contributed by atoms with van der Waals surface area (Å²) >= 11 is 0. The first kappa shape index (κ1) is 24.5. The number of ketones is 1. The molecule has 0 saturated heterocycles. The molecule has 0 radical (unpaired) electrons. The Balaban J connectivity index is 1.59. The molecule has 190 valence electrons. The lowest BCUT2D eigenvalue weighted by Crippen LogP contribution is -2.65. The van der Waals surface area contributed by atoms with Crippen molar-refractivity contribution in [1.82, 2.24) is 0 Å². The number of Topliss-reactive ketones (excluding diaryl/α,β-unsaturated/α-hetero) is 1. The molecule has 5 aliphatic carbocycles. The number of aliphatic carboxylic acids is 1. The maximum absolute atomic E-state index is 12.9. The Bertz CT molecular complexity index is 965. The third-order valence-electron chi connectivity index (χ3n) is 13.2. The van der Waals surface area contributed by atoms with Crippen LogP contribution in [0.3, 0.4) is 0 Å². The summed E-state index contributed by atoms with van der Waals surface area (Å²) in [5.41, 5.74) is 0.360. The van der Waals surface area contributed by atoms with E-state index in [0.29, 0.717) is 36.9 Å². The highest BCUT2D eigenvalue weighted by molar-refractivity contribution is 5.85. The molecule has 0 aromatic rings. The fourth-order valence-corrected chi connectivity index (χ4v) is 10.5. The third-order valence-corrected chi connectivity index (χ3v) is 13.2. The average Bonchev–Trinajstić information content (AvgIpc) is 2.73. The van der Waals surface area contributed by atoms with Gasteiger partial charge in [-0.1, -0.05) is 53.2 Å². The maximum Gasteiger partial charge on any atom is 0.309 e. The number of aliphatic hydroxyl groups excluding tert-OH is 1. The summed E-state index contributed by atoms with van der Waals surface area (Å²) in [6.07, 6.45) is 9.84. The van der Waals surface area contributed by atoms with Crippen molar-refractivity contribution in [2.24, 2.45) is 50.2 Å². The molecule has 2 N–H and O–H groups in total. The zero-order chi connectivity index (χ0) is 25.1. The smallest absolute Gasteiger partial charge is 0.309 e. The van der Waals surface area contributed by atoms with Crippen LogP contribution in [0, 0.1) is 50.2 Å². The van der Waals surface area contributed by atoms with E-state index in [9.17, 15) is 19.8 Å². The summed E-state index contributed by atoms with van der Waals surface area (Å²) in [5.74, 6) is 0.740. The number of hydrogen-bond donors (Lipinski definition) is 2. The molecule has 34 heavy (non-hydrogen) atoms. The molecule has 4 saturated carbocycles. The summed E-state index contributed by atoms with van der Waals surface area (Å²) in [6.45, 7) is 15.9. The van der Waals surface area contributed by atoms with Crippen molar-refractivity contribution >= 4 is 11.8 Å². The number of allylic oxidation sites excluding steroid dienone is 2. The minimum Gasteiger partial charge on any atom is -0.481 e. The highest BCUT2D eigenvalue weighted by atomic mass is 16.4. The van der Waals surface area contributed by atoms with Crippen molar-refractivity contribution in [2.45, 2.75) is 112 Å². The number of hydrogen-bond acceptors (Lipinski definition) is 3. The number of carbonyl (C=O) groups excluding carboxylic acids is 1. The summed E-state index contributed by atoms with van der Waals surface area (Å²) in [6, 6.07) is 0. The van der Waals surface area contributed by atoms with E-state index in [0.717, 1.165) is 38.5 Å². The Morgan fingerprint density at radius 2 is 1.59 bits per heavy atom. The molecule has 4 fully saturated rings. The Labute approximate surface area is 206 Å². The molecular formula is C30H46O4. The van der Waals surface area contributed by atoms with Gasteiger partial charge < -0.3 is 10.2 Å². The van der Waals surface area contributed by atoms with Gasteiger partial charge in [0.2, 0.25) is 0 Å². The maximum atomic E-state index is 12.9. The van der Waals surface area contributed by atoms with Crippen LogP contribution in [0.4, 0.5) is 0 Å². The van der Waals surface area contributed by atoms with Gasteiger partial charge in [0, 0.05) is 17.3 Å². The van der Waals surface area contributed by atoms with Gasteiger partial charge in [-0.15, -0.1) is 0 Å². The van der Waals surface area contributed by atoms with Crippen LogP contribution in [0.2, 0.25) is 0 Å². The van der Waals surface area contributed by atoms with Gasteiger partial charge in [0.25, 0.3) is 0 Å². The molecule has 0 bridgehead atoms. The Hall–Kier alpha value is -1.16. The van der Waals surface area contributed by atoms with Gasteiger partial charge >= 0.3 is 5.97 Å². The zero-order valence-electron chi connectivity index (χ0n) is 22.5.